The Labute approximate surface area is 118 Å². The zero-order valence-corrected chi connectivity index (χ0v) is 11.7. The summed E-state index contributed by atoms with van der Waals surface area (Å²) in [5, 5.41) is 11.1. The maximum atomic E-state index is 12.5. The quantitative estimate of drug-likeness (QED) is 0.909. The number of aromatic nitrogens is 1. The lowest BCUT2D eigenvalue weighted by atomic mass is 9.82. The van der Waals surface area contributed by atoms with Gasteiger partial charge in [0.1, 0.15) is 5.60 Å². The van der Waals surface area contributed by atoms with Crippen LogP contribution in [0, 0.1) is 5.92 Å². The molecule has 0 bridgehead atoms. The minimum absolute atomic E-state index is 0.0334. The zero-order valence-electron chi connectivity index (χ0n) is 11.7. The Balaban J connectivity index is 1.88. The summed E-state index contributed by atoms with van der Waals surface area (Å²) >= 11 is 0. The van der Waals surface area contributed by atoms with Crippen LogP contribution in [0.5, 0.6) is 0 Å². The van der Waals surface area contributed by atoms with Crippen LogP contribution < -0.4 is 0 Å². The minimum atomic E-state index is -0.738. The number of rotatable bonds is 2. The summed E-state index contributed by atoms with van der Waals surface area (Å²) in [6, 6.07) is 9.30. The molecular weight excluding hydrogens is 252 g/mol. The number of carbonyl (C=O) groups is 1. The number of nitrogens with zero attached hydrogens (tertiary/aromatic N) is 2. The number of fused-ring (bicyclic) bond motifs is 1. The van der Waals surface area contributed by atoms with Gasteiger partial charge < -0.3 is 10.0 Å². The smallest absolute Gasteiger partial charge is 0.254 e. The van der Waals surface area contributed by atoms with Gasteiger partial charge in [0.2, 0.25) is 0 Å². The first-order valence-corrected chi connectivity index (χ1v) is 6.87. The molecule has 2 heterocycles. The average molecular weight is 270 g/mol. The van der Waals surface area contributed by atoms with E-state index in [9.17, 15) is 9.90 Å². The third kappa shape index (κ3) is 1.96. The number of hydrogen-bond acceptors (Lipinski definition) is 3. The first-order chi connectivity index (χ1) is 9.51. The molecule has 1 saturated heterocycles. The highest BCUT2D eigenvalue weighted by molar-refractivity contribution is 6.06. The van der Waals surface area contributed by atoms with E-state index in [1.165, 1.54) is 0 Å². The van der Waals surface area contributed by atoms with Crippen LogP contribution in [0.15, 0.2) is 36.5 Å². The molecule has 0 aliphatic carbocycles. The minimum Gasteiger partial charge on any atom is -0.386 e. The van der Waals surface area contributed by atoms with Crippen molar-refractivity contribution in [3.63, 3.8) is 0 Å². The van der Waals surface area contributed by atoms with Crippen molar-refractivity contribution in [2.75, 3.05) is 13.1 Å². The third-order valence-electron chi connectivity index (χ3n) is 4.17. The second kappa shape index (κ2) is 4.56. The monoisotopic (exact) mass is 270 g/mol. The van der Waals surface area contributed by atoms with E-state index in [1.807, 2.05) is 44.2 Å². The summed E-state index contributed by atoms with van der Waals surface area (Å²) in [6.45, 7) is 4.76. The number of carbonyl (C=O) groups excluding carboxylic acids is 1. The highest BCUT2D eigenvalue weighted by Gasteiger charge is 2.46. The summed E-state index contributed by atoms with van der Waals surface area (Å²) in [4.78, 5) is 18.5. The van der Waals surface area contributed by atoms with E-state index in [1.54, 1.807) is 11.1 Å². The van der Waals surface area contributed by atoms with E-state index < -0.39 is 5.60 Å². The first-order valence-electron chi connectivity index (χ1n) is 6.87. The van der Waals surface area contributed by atoms with Crippen molar-refractivity contribution in [2.24, 2.45) is 5.92 Å². The molecule has 1 aliphatic heterocycles. The van der Waals surface area contributed by atoms with Gasteiger partial charge in [0.15, 0.2) is 0 Å². The number of β-amino-alcohol motifs (C(OH)–C–C–N with tert-alkyl or cyclic N) is 1. The molecule has 0 saturated carbocycles. The van der Waals surface area contributed by atoms with Crippen LogP contribution in [-0.4, -0.2) is 39.6 Å². The van der Waals surface area contributed by atoms with Crippen molar-refractivity contribution in [3.8, 4) is 0 Å². The fourth-order valence-electron chi connectivity index (χ4n) is 2.58. The Kier molecular flexibility index (Phi) is 2.98. The van der Waals surface area contributed by atoms with Crippen molar-refractivity contribution >= 4 is 16.8 Å². The second-order valence-electron chi connectivity index (χ2n) is 5.80. The number of likely N-dealkylation sites (tertiary alicyclic amines) is 1. The van der Waals surface area contributed by atoms with Crippen molar-refractivity contribution in [3.05, 3.63) is 42.1 Å². The second-order valence-corrected chi connectivity index (χ2v) is 5.80. The fraction of sp³-hybridized carbons (Fsp3) is 0.375. The summed E-state index contributed by atoms with van der Waals surface area (Å²) in [6.07, 6.45) is 1.72. The summed E-state index contributed by atoms with van der Waals surface area (Å²) < 4.78 is 0. The molecule has 1 aromatic carbocycles. The maximum absolute atomic E-state index is 12.5. The lowest BCUT2D eigenvalue weighted by Crippen LogP contribution is -2.65. The highest BCUT2D eigenvalue weighted by Crippen LogP contribution is 2.30. The summed E-state index contributed by atoms with van der Waals surface area (Å²) in [5.74, 6) is 0.120. The average Bonchev–Trinajstić information content (AvgIpc) is 2.42. The molecule has 0 unspecified atom stereocenters. The van der Waals surface area contributed by atoms with Crippen molar-refractivity contribution in [1.82, 2.24) is 9.88 Å². The van der Waals surface area contributed by atoms with Gasteiger partial charge in [-0.1, -0.05) is 26.0 Å². The SMILES string of the molecule is CC(C)C1(O)CN(C(=O)c2cccc3ncccc23)C1. The zero-order chi connectivity index (χ0) is 14.3. The largest absolute Gasteiger partial charge is 0.386 e. The van der Waals surface area contributed by atoms with E-state index in [2.05, 4.69) is 4.98 Å². The Morgan fingerprint density at radius 2 is 2.05 bits per heavy atom. The van der Waals surface area contributed by atoms with E-state index >= 15 is 0 Å². The number of benzene rings is 1. The van der Waals surface area contributed by atoms with Gasteiger partial charge in [0.05, 0.1) is 18.6 Å². The van der Waals surface area contributed by atoms with Crippen LogP contribution in [0.3, 0.4) is 0 Å². The lowest BCUT2D eigenvalue weighted by molar-refractivity contribution is -0.110. The predicted octanol–water partition coefficient (Wildman–Crippen LogP) is 2.08. The van der Waals surface area contributed by atoms with Crippen LogP contribution in [-0.2, 0) is 0 Å². The summed E-state index contributed by atoms with van der Waals surface area (Å²) in [5.41, 5.74) is 0.734. The molecule has 4 nitrogen and oxygen atoms in total. The Morgan fingerprint density at radius 1 is 1.30 bits per heavy atom. The van der Waals surface area contributed by atoms with Gasteiger partial charge in [-0.2, -0.15) is 0 Å². The molecule has 104 valence electrons. The molecule has 2 aromatic rings. The van der Waals surface area contributed by atoms with E-state index in [0.29, 0.717) is 18.7 Å². The normalized spacial score (nSPS) is 17.3. The maximum Gasteiger partial charge on any atom is 0.254 e. The standard InChI is InChI=1S/C16H18N2O2/c1-11(2)16(20)9-18(10-16)15(19)13-5-3-7-14-12(13)6-4-8-17-14/h3-8,11,20H,9-10H2,1-2H3. The molecule has 20 heavy (non-hydrogen) atoms. The van der Waals surface area contributed by atoms with Crippen molar-refractivity contribution in [2.45, 2.75) is 19.4 Å². The van der Waals surface area contributed by atoms with Gasteiger partial charge in [-0.3, -0.25) is 9.78 Å². The molecular formula is C16H18N2O2. The molecule has 3 rings (SSSR count). The van der Waals surface area contributed by atoms with Gasteiger partial charge >= 0.3 is 0 Å². The Morgan fingerprint density at radius 3 is 2.75 bits per heavy atom. The topological polar surface area (TPSA) is 53.4 Å². The number of aliphatic hydroxyl groups is 1. The van der Waals surface area contributed by atoms with Crippen LogP contribution in [0.4, 0.5) is 0 Å². The number of hydrogen-bond donors (Lipinski definition) is 1. The number of amides is 1. The lowest BCUT2D eigenvalue weighted by Gasteiger charge is -2.49. The number of pyridine rings is 1. The van der Waals surface area contributed by atoms with Gasteiger partial charge in [-0.05, 0) is 24.1 Å². The van der Waals surface area contributed by atoms with Gasteiger partial charge in [-0.15, -0.1) is 0 Å². The van der Waals surface area contributed by atoms with Crippen LogP contribution >= 0.6 is 0 Å². The van der Waals surface area contributed by atoms with Crippen molar-refractivity contribution in [1.29, 1.82) is 0 Å². The molecule has 0 radical (unpaired) electrons. The Bertz CT molecular complexity index is 655. The first kappa shape index (κ1) is 13.1. The van der Waals surface area contributed by atoms with Crippen molar-refractivity contribution < 1.29 is 9.90 Å². The fourth-order valence-corrected chi connectivity index (χ4v) is 2.58. The van der Waals surface area contributed by atoms with E-state index in [-0.39, 0.29) is 11.8 Å². The highest BCUT2D eigenvalue weighted by atomic mass is 16.3. The molecule has 0 spiro atoms. The summed E-state index contributed by atoms with van der Waals surface area (Å²) in [7, 11) is 0. The van der Waals surface area contributed by atoms with Gasteiger partial charge in [0, 0.05) is 17.1 Å². The third-order valence-corrected chi connectivity index (χ3v) is 4.17. The predicted molar refractivity (Wildman–Crippen MR) is 77.4 cm³/mol. The van der Waals surface area contributed by atoms with Crippen LogP contribution in [0.25, 0.3) is 10.9 Å². The molecule has 0 atom stereocenters. The molecule has 1 N–H and O–H groups in total. The van der Waals surface area contributed by atoms with E-state index in [4.69, 9.17) is 0 Å². The molecule has 1 fully saturated rings. The van der Waals surface area contributed by atoms with Gasteiger partial charge in [-0.25, -0.2) is 0 Å². The molecule has 1 amide bonds. The van der Waals surface area contributed by atoms with Crippen LogP contribution in [0.1, 0.15) is 24.2 Å². The Hall–Kier alpha value is -1.94. The molecule has 1 aromatic heterocycles. The van der Waals surface area contributed by atoms with E-state index in [0.717, 1.165) is 10.9 Å². The molecule has 4 heteroatoms. The van der Waals surface area contributed by atoms with Gasteiger partial charge in [0.25, 0.3) is 5.91 Å². The molecule has 1 aliphatic rings. The van der Waals surface area contributed by atoms with Crippen LogP contribution in [0.2, 0.25) is 0 Å².